The Morgan fingerprint density at radius 1 is 1.36 bits per heavy atom. The third kappa shape index (κ3) is 2.93. The second-order valence-corrected chi connectivity index (χ2v) is 7.86. The molecule has 0 spiro atoms. The molecular formula is C18H27FO2Si. The van der Waals surface area contributed by atoms with Crippen molar-refractivity contribution in [2.75, 3.05) is 0 Å². The van der Waals surface area contributed by atoms with E-state index in [1.807, 2.05) is 6.26 Å². The molecule has 0 saturated heterocycles. The molecule has 2 nitrogen and oxygen atoms in total. The van der Waals surface area contributed by atoms with Gasteiger partial charge in [-0.1, -0.05) is 27.7 Å². The summed E-state index contributed by atoms with van der Waals surface area (Å²) in [6.45, 7) is 11.1. The van der Waals surface area contributed by atoms with Crippen molar-refractivity contribution < 1.29 is 13.6 Å². The van der Waals surface area contributed by atoms with E-state index in [0.717, 1.165) is 24.2 Å². The molecule has 1 aromatic rings. The Morgan fingerprint density at radius 3 is 2.64 bits per heavy atom. The van der Waals surface area contributed by atoms with Crippen LogP contribution in [-0.2, 0) is 10.8 Å². The van der Waals surface area contributed by atoms with E-state index in [4.69, 9.17) is 9.16 Å². The lowest BCUT2D eigenvalue weighted by atomic mass is 9.60. The van der Waals surface area contributed by atoms with Crippen LogP contribution >= 0.6 is 0 Å². The van der Waals surface area contributed by atoms with Crippen LogP contribution in [-0.4, -0.2) is 16.6 Å². The molecule has 1 aromatic carbocycles. The molecule has 1 aliphatic rings. The molecule has 0 amide bonds. The molecule has 0 unspecified atom stereocenters. The van der Waals surface area contributed by atoms with Gasteiger partial charge in [0.1, 0.15) is 17.7 Å². The minimum Gasteiger partial charge on any atom is -0.558 e. The molecule has 0 N–H and O–H groups in total. The Morgan fingerprint density at radius 2 is 2.05 bits per heavy atom. The SMILES string of the molecule is CC(=CO[SiH3])[C@](C)([C@H]1CCc2cc(F)ccc2O1)C(C)(C)C. The molecular weight excluding hydrogens is 295 g/mol. The number of ether oxygens (including phenoxy) is 1. The van der Waals surface area contributed by atoms with E-state index in [2.05, 4.69) is 34.6 Å². The highest BCUT2D eigenvalue weighted by atomic mass is 28.2. The second-order valence-electron chi connectivity index (χ2n) is 7.39. The van der Waals surface area contributed by atoms with Gasteiger partial charge in [-0.15, -0.1) is 0 Å². The molecule has 2 atom stereocenters. The molecule has 0 fully saturated rings. The Kier molecular flexibility index (Phi) is 4.71. The lowest BCUT2D eigenvalue weighted by Gasteiger charge is -2.49. The van der Waals surface area contributed by atoms with Crippen molar-refractivity contribution in [1.29, 1.82) is 0 Å². The monoisotopic (exact) mass is 322 g/mol. The summed E-state index contributed by atoms with van der Waals surface area (Å²) in [5.41, 5.74) is 2.04. The second kappa shape index (κ2) is 6.07. The van der Waals surface area contributed by atoms with Crippen molar-refractivity contribution in [3.8, 4) is 5.75 Å². The first-order valence-electron chi connectivity index (χ1n) is 7.85. The molecule has 0 bridgehead atoms. The fourth-order valence-corrected chi connectivity index (χ4v) is 3.74. The molecule has 2 rings (SSSR count). The van der Waals surface area contributed by atoms with E-state index < -0.39 is 0 Å². The lowest BCUT2D eigenvalue weighted by molar-refractivity contribution is -0.00916. The standard InChI is InChI=1S/C18H27FO2Si/c1-12(11-20-22)18(5,17(2,3)4)16-9-6-13-10-14(19)7-8-15(13)21-16/h7-8,10-11,16H,6,9H2,1-5,22H3/t16-,18-/m1/s1. The van der Waals surface area contributed by atoms with Crippen LogP contribution in [0.25, 0.3) is 0 Å². The highest BCUT2D eigenvalue weighted by Crippen LogP contribution is 2.50. The summed E-state index contributed by atoms with van der Waals surface area (Å²) in [5, 5.41) is 0. The first-order valence-corrected chi connectivity index (χ1v) is 8.67. The van der Waals surface area contributed by atoms with E-state index in [9.17, 15) is 4.39 Å². The first kappa shape index (κ1) is 17.1. The van der Waals surface area contributed by atoms with E-state index in [-0.39, 0.29) is 22.8 Å². The van der Waals surface area contributed by atoms with Gasteiger partial charge in [0.2, 0.25) is 10.5 Å². The van der Waals surface area contributed by atoms with Crippen molar-refractivity contribution >= 4 is 10.5 Å². The Bertz CT molecular complexity index is 577. The number of hydrogen-bond donors (Lipinski definition) is 0. The fourth-order valence-electron chi connectivity index (χ4n) is 3.39. The summed E-state index contributed by atoms with van der Waals surface area (Å²) in [5.74, 6) is 0.618. The predicted octanol–water partition coefficient (Wildman–Crippen LogP) is 3.77. The van der Waals surface area contributed by atoms with Gasteiger partial charge in [-0.25, -0.2) is 4.39 Å². The van der Waals surface area contributed by atoms with Crippen LogP contribution in [0.5, 0.6) is 5.75 Å². The fraction of sp³-hybridized carbons (Fsp3) is 0.556. The minimum atomic E-state index is -0.195. The number of benzene rings is 1. The van der Waals surface area contributed by atoms with Gasteiger partial charge >= 0.3 is 0 Å². The van der Waals surface area contributed by atoms with E-state index in [1.165, 1.54) is 11.6 Å². The zero-order valence-electron chi connectivity index (χ0n) is 14.5. The van der Waals surface area contributed by atoms with Crippen molar-refractivity contribution in [3.05, 3.63) is 41.4 Å². The number of halogens is 1. The average Bonchev–Trinajstić information content (AvgIpc) is 2.44. The van der Waals surface area contributed by atoms with E-state index >= 15 is 0 Å². The smallest absolute Gasteiger partial charge is 0.203 e. The summed E-state index contributed by atoms with van der Waals surface area (Å²) in [4.78, 5) is 0. The van der Waals surface area contributed by atoms with Crippen molar-refractivity contribution in [2.24, 2.45) is 10.8 Å². The maximum absolute atomic E-state index is 13.4. The molecule has 0 aliphatic carbocycles. The Hall–Kier alpha value is -1.29. The van der Waals surface area contributed by atoms with Gasteiger partial charge < -0.3 is 9.16 Å². The van der Waals surface area contributed by atoms with Crippen LogP contribution in [0.1, 0.15) is 46.6 Å². The maximum Gasteiger partial charge on any atom is 0.203 e. The van der Waals surface area contributed by atoms with E-state index in [1.54, 1.807) is 12.1 Å². The zero-order chi connectivity index (χ0) is 16.5. The third-order valence-corrected chi connectivity index (χ3v) is 5.52. The molecule has 0 aromatic heterocycles. The summed E-state index contributed by atoms with van der Waals surface area (Å²) in [7, 11) is 0.684. The Balaban J connectivity index is 2.39. The third-order valence-electron chi connectivity index (χ3n) is 5.28. The van der Waals surface area contributed by atoms with Crippen LogP contribution in [0.4, 0.5) is 4.39 Å². The molecule has 0 saturated carbocycles. The lowest BCUT2D eigenvalue weighted by Crippen LogP contribution is -2.48. The van der Waals surface area contributed by atoms with Gasteiger partial charge in [-0.05, 0) is 54.5 Å². The highest BCUT2D eigenvalue weighted by Gasteiger charge is 2.48. The van der Waals surface area contributed by atoms with Crippen LogP contribution in [0.2, 0.25) is 0 Å². The number of fused-ring (bicyclic) bond motifs is 1. The molecule has 0 radical (unpaired) electrons. The minimum absolute atomic E-state index is 0.0237. The Labute approximate surface area is 136 Å². The maximum atomic E-state index is 13.4. The van der Waals surface area contributed by atoms with Gasteiger partial charge in [-0.2, -0.15) is 0 Å². The highest BCUT2D eigenvalue weighted by molar-refractivity contribution is 5.98. The molecule has 122 valence electrons. The molecule has 1 heterocycles. The topological polar surface area (TPSA) is 18.5 Å². The number of hydrogen-bond acceptors (Lipinski definition) is 2. The van der Waals surface area contributed by atoms with Gasteiger partial charge in [-0.3, -0.25) is 0 Å². The summed E-state index contributed by atoms with van der Waals surface area (Å²) in [6.07, 6.45) is 3.66. The largest absolute Gasteiger partial charge is 0.558 e. The van der Waals surface area contributed by atoms with Crippen molar-refractivity contribution in [3.63, 3.8) is 0 Å². The van der Waals surface area contributed by atoms with Crippen LogP contribution in [0, 0.1) is 16.6 Å². The van der Waals surface area contributed by atoms with E-state index in [0.29, 0.717) is 10.5 Å². The van der Waals surface area contributed by atoms with Gasteiger partial charge in [0, 0.05) is 5.41 Å². The van der Waals surface area contributed by atoms with Crippen molar-refractivity contribution in [1.82, 2.24) is 0 Å². The van der Waals surface area contributed by atoms with Crippen molar-refractivity contribution in [2.45, 2.75) is 53.6 Å². The van der Waals surface area contributed by atoms with Crippen LogP contribution < -0.4 is 4.74 Å². The molecule has 1 aliphatic heterocycles. The van der Waals surface area contributed by atoms with Gasteiger partial charge in [0.15, 0.2) is 0 Å². The summed E-state index contributed by atoms with van der Waals surface area (Å²) >= 11 is 0. The molecule has 4 heteroatoms. The van der Waals surface area contributed by atoms with Crippen LogP contribution in [0.3, 0.4) is 0 Å². The summed E-state index contributed by atoms with van der Waals surface area (Å²) in [6, 6.07) is 4.81. The van der Waals surface area contributed by atoms with Gasteiger partial charge in [0.25, 0.3) is 0 Å². The first-order chi connectivity index (χ1) is 10.2. The number of rotatable bonds is 3. The normalized spacial score (nSPS) is 21.7. The summed E-state index contributed by atoms with van der Waals surface area (Å²) < 4.78 is 25.1. The number of aryl methyl sites for hydroxylation is 1. The van der Waals surface area contributed by atoms with Gasteiger partial charge in [0.05, 0.1) is 6.26 Å². The average molecular weight is 322 g/mol. The zero-order valence-corrected chi connectivity index (χ0v) is 16.5. The quantitative estimate of drug-likeness (QED) is 0.623. The van der Waals surface area contributed by atoms with Crippen LogP contribution in [0.15, 0.2) is 30.0 Å². The molecule has 22 heavy (non-hydrogen) atoms. The predicted molar refractivity (Wildman–Crippen MR) is 91.5 cm³/mol.